The predicted molar refractivity (Wildman–Crippen MR) is 139 cm³/mol. The van der Waals surface area contributed by atoms with E-state index in [1.165, 1.54) is 13.2 Å². The largest absolute Gasteiger partial charge is 0.453 e. The van der Waals surface area contributed by atoms with Gasteiger partial charge in [-0.05, 0) is 36.6 Å². The van der Waals surface area contributed by atoms with Gasteiger partial charge in [-0.3, -0.25) is 9.59 Å². The van der Waals surface area contributed by atoms with Crippen LogP contribution in [0.15, 0.2) is 24.3 Å². The van der Waals surface area contributed by atoms with Crippen LogP contribution in [0.25, 0.3) is 6.08 Å². The van der Waals surface area contributed by atoms with Gasteiger partial charge in [-0.25, -0.2) is 4.79 Å². The highest BCUT2D eigenvalue weighted by atomic mass is 35.5. The number of amides is 3. The summed E-state index contributed by atoms with van der Waals surface area (Å²) in [6, 6.07) is 5.24. The third kappa shape index (κ3) is 7.83. The van der Waals surface area contributed by atoms with E-state index in [0.29, 0.717) is 36.2 Å². The minimum atomic E-state index is -0.694. The molecule has 2 heterocycles. The van der Waals surface area contributed by atoms with Crippen molar-refractivity contribution in [2.24, 2.45) is 0 Å². The number of halogens is 2. The number of aliphatic hydroxyl groups excluding tert-OH is 1. The van der Waals surface area contributed by atoms with E-state index in [4.69, 9.17) is 27.9 Å². The van der Waals surface area contributed by atoms with Crippen LogP contribution in [-0.2, 0) is 14.3 Å². The first-order valence-electron chi connectivity index (χ1n) is 12.1. The van der Waals surface area contributed by atoms with Crippen LogP contribution in [0.2, 0.25) is 10.0 Å². The van der Waals surface area contributed by atoms with E-state index < -0.39 is 6.10 Å². The molecule has 1 unspecified atom stereocenters. The molecule has 0 radical (unpaired) electrons. The highest BCUT2D eigenvalue weighted by molar-refractivity contribution is 6.42. The Kier molecular flexibility index (Phi) is 10.4. The fourth-order valence-corrected chi connectivity index (χ4v) is 4.87. The maximum absolute atomic E-state index is 12.7. The number of benzene rings is 1. The molecule has 2 aliphatic rings. The number of hydrogen-bond acceptors (Lipinski definition) is 6. The molecule has 0 bridgehead atoms. The van der Waals surface area contributed by atoms with Crippen molar-refractivity contribution < 1.29 is 24.2 Å². The second kappa shape index (κ2) is 13.3. The predicted octanol–water partition coefficient (Wildman–Crippen LogP) is 2.59. The van der Waals surface area contributed by atoms with E-state index in [1.807, 2.05) is 0 Å². The summed E-state index contributed by atoms with van der Waals surface area (Å²) >= 11 is 12.0. The molecule has 11 heteroatoms. The molecule has 3 amide bonds. The van der Waals surface area contributed by atoms with Gasteiger partial charge < -0.3 is 29.4 Å². The number of nitrogens with zero attached hydrogens (tertiary/aromatic N) is 4. The fourth-order valence-electron chi connectivity index (χ4n) is 4.56. The lowest BCUT2D eigenvalue weighted by Gasteiger charge is -2.37. The molecule has 1 N–H and O–H groups in total. The number of hydrogen-bond donors (Lipinski definition) is 1. The van der Waals surface area contributed by atoms with Crippen molar-refractivity contribution in [2.45, 2.75) is 31.4 Å². The summed E-state index contributed by atoms with van der Waals surface area (Å²) in [5.74, 6) is -0.257. The van der Waals surface area contributed by atoms with Gasteiger partial charge in [0.1, 0.15) is 0 Å². The number of piperidine rings is 1. The maximum atomic E-state index is 12.7. The smallest absolute Gasteiger partial charge is 0.409 e. The van der Waals surface area contributed by atoms with Crippen molar-refractivity contribution in [3.63, 3.8) is 0 Å². The van der Waals surface area contributed by atoms with Crippen LogP contribution in [0.4, 0.5) is 4.79 Å². The van der Waals surface area contributed by atoms with Crippen molar-refractivity contribution in [2.75, 3.05) is 60.0 Å². The third-order valence-corrected chi connectivity index (χ3v) is 7.47. The maximum Gasteiger partial charge on any atom is 0.409 e. The number of carbonyl (C=O) groups excluding carboxylic acids is 3. The second-order valence-corrected chi connectivity index (χ2v) is 10.0. The molecule has 2 saturated heterocycles. The van der Waals surface area contributed by atoms with Crippen LogP contribution in [-0.4, -0.2) is 115 Å². The van der Waals surface area contributed by atoms with Gasteiger partial charge in [0.05, 0.1) is 23.3 Å². The first kappa shape index (κ1) is 28.2. The molecule has 0 spiro atoms. The lowest BCUT2D eigenvalue weighted by Crippen LogP contribution is -2.49. The van der Waals surface area contributed by atoms with Gasteiger partial charge in [-0.2, -0.15) is 0 Å². The first-order chi connectivity index (χ1) is 17.2. The number of likely N-dealkylation sites (tertiary alicyclic amines) is 1. The molecule has 0 saturated carbocycles. The average molecular weight is 541 g/mol. The monoisotopic (exact) mass is 540 g/mol. The number of rotatable bonds is 7. The summed E-state index contributed by atoms with van der Waals surface area (Å²) in [5.41, 5.74) is 0.759. The molecule has 1 aromatic carbocycles. The van der Waals surface area contributed by atoms with Gasteiger partial charge in [0, 0.05) is 71.4 Å². The lowest BCUT2D eigenvalue weighted by molar-refractivity contribution is -0.131. The van der Waals surface area contributed by atoms with Crippen molar-refractivity contribution in [3.8, 4) is 0 Å². The number of methoxy groups -OCH3 is 1. The fraction of sp³-hybridized carbons (Fsp3) is 0.560. The Morgan fingerprint density at radius 1 is 1.14 bits per heavy atom. The van der Waals surface area contributed by atoms with E-state index in [0.717, 1.165) is 31.5 Å². The van der Waals surface area contributed by atoms with Gasteiger partial charge in [0.2, 0.25) is 11.8 Å². The van der Waals surface area contributed by atoms with Crippen LogP contribution >= 0.6 is 23.2 Å². The molecular weight excluding hydrogens is 507 g/mol. The highest BCUT2D eigenvalue weighted by Crippen LogP contribution is 2.23. The number of carbonyl (C=O) groups is 3. The minimum Gasteiger partial charge on any atom is -0.453 e. The zero-order chi connectivity index (χ0) is 26.2. The van der Waals surface area contributed by atoms with Crippen molar-refractivity contribution >= 4 is 47.2 Å². The summed E-state index contributed by atoms with van der Waals surface area (Å²) < 4.78 is 4.78. The zero-order valence-electron chi connectivity index (χ0n) is 20.7. The molecule has 3 rings (SSSR count). The van der Waals surface area contributed by atoms with Gasteiger partial charge >= 0.3 is 6.09 Å². The van der Waals surface area contributed by atoms with E-state index >= 15 is 0 Å². The normalized spacial score (nSPS) is 18.9. The van der Waals surface area contributed by atoms with Crippen LogP contribution in [0.5, 0.6) is 0 Å². The van der Waals surface area contributed by atoms with E-state index in [-0.39, 0.29) is 36.9 Å². The Bertz CT molecular complexity index is 968. The topological polar surface area (TPSA) is 93.6 Å². The lowest BCUT2D eigenvalue weighted by atomic mass is 10.0. The van der Waals surface area contributed by atoms with Crippen LogP contribution < -0.4 is 0 Å². The van der Waals surface area contributed by atoms with Crippen molar-refractivity contribution in [1.82, 2.24) is 19.6 Å². The number of aliphatic hydroxyl groups is 1. The third-order valence-electron chi connectivity index (χ3n) is 6.73. The van der Waals surface area contributed by atoms with Gasteiger partial charge in [-0.15, -0.1) is 0 Å². The Morgan fingerprint density at radius 3 is 2.53 bits per heavy atom. The summed E-state index contributed by atoms with van der Waals surface area (Å²) in [6.45, 7) is 3.28. The van der Waals surface area contributed by atoms with E-state index in [2.05, 4.69) is 4.90 Å². The minimum absolute atomic E-state index is 0.0729. The number of β-amino-alcohol motifs (C(OH)–C–C–N with tert-alkyl or cyclic N) is 1. The summed E-state index contributed by atoms with van der Waals surface area (Å²) in [6.07, 6.45) is 3.92. The second-order valence-electron chi connectivity index (χ2n) is 9.19. The van der Waals surface area contributed by atoms with Gasteiger partial charge in [-0.1, -0.05) is 29.3 Å². The molecular formula is C25H34Cl2N4O5. The quantitative estimate of drug-likeness (QED) is 0.534. The van der Waals surface area contributed by atoms with Crippen molar-refractivity contribution in [1.29, 1.82) is 0 Å². The van der Waals surface area contributed by atoms with Crippen LogP contribution in [0, 0.1) is 0 Å². The van der Waals surface area contributed by atoms with Crippen LogP contribution in [0.3, 0.4) is 0 Å². The Balaban J connectivity index is 1.45. The van der Waals surface area contributed by atoms with E-state index in [9.17, 15) is 19.5 Å². The van der Waals surface area contributed by atoms with E-state index in [1.54, 1.807) is 46.0 Å². The molecule has 1 atom stereocenters. The summed E-state index contributed by atoms with van der Waals surface area (Å²) in [5, 5.41) is 11.5. The Labute approximate surface area is 222 Å². The average Bonchev–Trinajstić information content (AvgIpc) is 3.05. The Hall–Kier alpha value is -2.33. The van der Waals surface area contributed by atoms with Crippen LogP contribution in [0.1, 0.15) is 24.8 Å². The SMILES string of the molecule is COC(=O)N(C)C1CCN(CC(O)CN2CCN(C(=O)/C=C/c3ccc(Cl)c(Cl)c3)CCC2=O)CC1. The first-order valence-corrected chi connectivity index (χ1v) is 12.8. The molecule has 2 aliphatic heterocycles. The van der Waals surface area contributed by atoms with Gasteiger partial charge in [0.25, 0.3) is 0 Å². The molecule has 1 aromatic rings. The molecule has 2 fully saturated rings. The molecule has 198 valence electrons. The molecule has 9 nitrogen and oxygen atoms in total. The summed E-state index contributed by atoms with van der Waals surface area (Å²) in [4.78, 5) is 44.1. The number of ether oxygens (including phenoxy) is 1. The molecule has 0 aromatic heterocycles. The molecule has 0 aliphatic carbocycles. The highest BCUT2D eigenvalue weighted by Gasteiger charge is 2.28. The standard InChI is InChI=1S/C25H34Cl2N4O5/c1-28(25(35)36-2)19-7-10-29(11-8-19)16-20(32)17-31-14-13-30(12-9-24(31)34)23(33)6-4-18-3-5-21(26)22(27)15-18/h3-6,15,19-20,32H,7-14,16-17H2,1-2H3/b6-4+. The Morgan fingerprint density at radius 2 is 1.86 bits per heavy atom. The zero-order valence-corrected chi connectivity index (χ0v) is 22.2. The summed E-state index contributed by atoms with van der Waals surface area (Å²) in [7, 11) is 3.11. The van der Waals surface area contributed by atoms with Gasteiger partial charge in [0.15, 0.2) is 0 Å². The van der Waals surface area contributed by atoms with Crippen molar-refractivity contribution in [3.05, 3.63) is 39.9 Å². The molecule has 36 heavy (non-hydrogen) atoms.